The fourth-order valence-corrected chi connectivity index (χ4v) is 3.06. The molecule has 3 rings (SSSR count). The fraction of sp³-hybridized carbons (Fsp3) is 0.526. The van der Waals surface area contributed by atoms with Gasteiger partial charge in [-0.2, -0.15) is 13.2 Å². The Kier molecular flexibility index (Phi) is 8.03. The summed E-state index contributed by atoms with van der Waals surface area (Å²) in [5.41, 5.74) is 5.94. The second kappa shape index (κ2) is 10.7. The van der Waals surface area contributed by atoms with Gasteiger partial charge in [0, 0.05) is 19.1 Å². The molecule has 1 saturated heterocycles. The number of piperidine rings is 1. The average molecular weight is 468 g/mol. The van der Waals surface area contributed by atoms with Crippen molar-refractivity contribution in [2.45, 2.75) is 37.1 Å². The Morgan fingerprint density at radius 2 is 2.06 bits per heavy atom. The third-order valence-electron chi connectivity index (χ3n) is 4.80. The summed E-state index contributed by atoms with van der Waals surface area (Å²) >= 11 is 0. The molecule has 2 radical (unpaired) electrons. The lowest BCUT2D eigenvalue weighted by molar-refractivity contribution is -0.140. The Hall–Kier alpha value is -3.00. The summed E-state index contributed by atoms with van der Waals surface area (Å²) < 4.78 is 51.7. The Balaban J connectivity index is 1.34. The molecule has 33 heavy (non-hydrogen) atoms. The van der Waals surface area contributed by atoms with Crippen molar-refractivity contribution in [3.63, 3.8) is 0 Å². The number of aromatic nitrogens is 2. The first-order valence-corrected chi connectivity index (χ1v) is 10.2. The minimum Gasteiger partial charge on any atom is -0.484 e. The molecule has 14 heteroatoms. The lowest BCUT2D eigenvalue weighted by Crippen LogP contribution is -2.66. The summed E-state index contributed by atoms with van der Waals surface area (Å²) in [4.78, 5) is 12.2. The number of amides is 1. The van der Waals surface area contributed by atoms with E-state index in [2.05, 4.69) is 26.1 Å². The Bertz CT molecular complexity index is 904. The predicted octanol–water partition coefficient (Wildman–Crippen LogP) is 0.209. The van der Waals surface area contributed by atoms with Gasteiger partial charge in [0.1, 0.15) is 25.9 Å². The Labute approximate surface area is 189 Å². The third kappa shape index (κ3) is 8.46. The van der Waals surface area contributed by atoms with E-state index in [9.17, 15) is 18.0 Å². The zero-order valence-corrected chi connectivity index (χ0v) is 17.7. The molecule has 1 fully saturated rings. The topological polar surface area (TPSA) is 137 Å². The quantitative estimate of drug-likeness (QED) is 0.285. The van der Waals surface area contributed by atoms with Crippen molar-refractivity contribution < 1.29 is 31.9 Å². The number of rotatable bonds is 10. The molecular formula is C19H24BF3N6O4. The van der Waals surface area contributed by atoms with Gasteiger partial charge in [-0.1, -0.05) is 27.8 Å². The molecule has 0 bridgehead atoms. The van der Waals surface area contributed by atoms with Crippen LogP contribution in [0.2, 0.25) is 0 Å². The summed E-state index contributed by atoms with van der Waals surface area (Å²) in [5.74, 6) is 0.171. The highest BCUT2D eigenvalue weighted by Gasteiger charge is 2.33. The number of nitrogens with zero attached hydrogens (tertiary/aromatic N) is 2. The van der Waals surface area contributed by atoms with Crippen molar-refractivity contribution in [1.29, 1.82) is 0 Å². The van der Waals surface area contributed by atoms with E-state index < -0.39 is 24.9 Å². The van der Waals surface area contributed by atoms with Gasteiger partial charge in [-0.05, 0) is 25.0 Å². The molecule has 5 N–H and O–H groups in total. The summed E-state index contributed by atoms with van der Waals surface area (Å²) in [6.07, 6.45) is -4.64. The highest BCUT2D eigenvalue weighted by Crippen LogP contribution is 2.21. The lowest BCUT2D eigenvalue weighted by atomic mass is 9.95. The maximum absolute atomic E-state index is 12.2. The van der Waals surface area contributed by atoms with E-state index in [1.807, 2.05) is 0 Å². The average Bonchev–Trinajstić information content (AvgIpc) is 3.19. The number of carbonyl (C=O) groups excluding carboxylic acids is 1. The largest absolute Gasteiger partial charge is 0.484 e. The number of halogens is 3. The van der Waals surface area contributed by atoms with E-state index in [1.54, 1.807) is 24.3 Å². The smallest absolute Gasteiger partial charge is 0.416 e. The molecule has 1 amide bonds. The van der Waals surface area contributed by atoms with Crippen LogP contribution in [0.15, 0.2) is 28.7 Å². The normalized spacial score (nSPS) is 20.8. The van der Waals surface area contributed by atoms with Gasteiger partial charge in [-0.3, -0.25) is 4.79 Å². The van der Waals surface area contributed by atoms with E-state index in [0.29, 0.717) is 37.1 Å². The molecule has 0 aliphatic carbocycles. The molecule has 0 saturated carbocycles. The molecule has 1 aromatic heterocycles. The summed E-state index contributed by atoms with van der Waals surface area (Å²) in [6.45, 7) is -0.0694. The number of hydrogen-bond acceptors (Lipinski definition) is 9. The van der Waals surface area contributed by atoms with Gasteiger partial charge in [0.15, 0.2) is 6.61 Å². The second-order valence-electron chi connectivity index (χ2n) is 7.65. The maximum atomic E-state index is 12.2. The van der Waals surface area contributed by atoms with Crippen LogP contribution in [-0.4, -0.2) is 68.1 Å². The van der Waals surface area contributed by atoms with E-state index in [4.69, 9.17) is 27.5 Å². The van der Waals surface area contributed by atoms with Gasteiger partial charge >= 0.3 is 18.3 Å². The summed E-state index contributed by atoms with van der Waals surface area (Å²) in [5, 5.41) is 16.1. The van der Waals surface area contributed by atoms with Crippen molar-refractivity contribution in [1.82, 2.24) is 20.8 Å². The molecule has 0 spiro atoms. The van der Waals surface area contributed by atoms with Crippen LogP contribution in [0.1, 0.15) is 19.3 Å². The van der Waals surface area contributed by atoms with Gasteiger partial charge in [0.05, 0.1) is 6.42 Å². The van der Waals surface area contributed by atoms with Crippen molar-refractivity contribution in [2.24, 2.45) is 5.73 Å². The number of anilines is 1. The number of carbonyl (C=O) groups is 1. The van der Waals surface area contributed by atoms with Crippen LogP contribution < -0.4 is 36.6 Å². The SMILES string of the molecule is [B]c1ccc(OCC(=O)N[C@@]2(N)CCC(CNc3nnc(OCCC(F)(F)F)o3)NC2)cc1. The summed E-state index contributed by atoms with van der Waals surface area (Å²) in [6, 6.07) is 6.70. The van der Waals surface area contributed by atoms with Crippen LogP contribution >= 0.6 is 0 Å². The molecule has 2 atom stereocenters. The van der Waals surface area contributed by atoms with Gasteiger partial charge in [-0.15, -0.1) is 0 Å². The van der Waals surface area contributed by atoms with Gasteiger partial charge in [-0.25, -0.2) is 0 Å². The molecule has 1 aliphatic heterocycles. The number of nitrogens with two attached hydrogens (primary N) is 1. The number of alkyl halides is 3. The number of hydrogen-bond donors (Lipinski definition) is 4. The van der Waals surface area contributed by atoms with Crippen LogP contribution in [-0.2, 0) is 4.79 Å². The number of benzene rings is 1. The lowest BCUT2D eigenvalue weighted by Gasteiger charge is -2.38. The maximum Gasteiger partial charge on any atom is 0.416 e. The molecule has 2 heterocycles. The molecule has 2 aromatic rings. The van der Waals surface area contributed by atoms with Crippen LogP contribution in [0, 0.1) is 0 Å². The first-order chi connectivity index (χ1) is 15.6. The first-order valence-electron chi connectivity index (χ1n) is 10.2. The molecule has 1 aromatic carbocycles. The van der Waals surface area contributed by atoms with Crippen molar-refractivity contribution in [3.05, 3.63) is 24.3 Å². The minimum atomic E-state index is -4.32. The molecule has 10 nitrogen and oxygen atoms in total. The van der Waals surface area contributed by atoms with Crippen LogP contribution in [0.5, 0.6) is 11.8 Å². The van der Waals surface area contributed by atoms with Gasteiger partial charge in [0.2, 0.25) is 0 Å². The Morgan fingerprint density at radius 3 is 2.73 bits per heavy atom. The van der Waals surface area contributed by atoms with Crippen molar-refractivity contribution in [3.8, 4) is 11.8 Å². The predicted molar refractivity (Wildman–Crippen MR) is 112 cm³/mol. The highest BCUT2D eigenvalue weighted by molar-refractivity contribution is 6.32. The zero-order chi connectivity index (χ0) is 23.9. The van der Waals surface area contributed by atoms with Crippen LogP contribution in [0.3, 0.4) is 0 Å². The standard InChI is InChI=1S/C19H24BF3N6O4/c20-12-1-3-14(4-2-12)32-10-15(30)27-18(24)6-5-13(26-11-18)9-25-16-28-29-17(33-16)31-8-7-19(21,22)23/h1-4,13,26H,5-11,24H2,(H,25,28)(H,27,30)/t13?,18-/m0/s1. The summed E-state index contributed by atoms with van der Waals surface area (Å²) in [7, 11) is 5.61. The monoisotopic (exact) mass is 468 g/mol. The zero-order valence-electron chi connectivity index (χ0n) is 17.7. The fourth-order valence-electron chi connectivity index (χ4n) is 3.06. The number of ether oxygens (including phenoxy) is 2. The van der Waals surface area contributed by atoms with Gasteiger partial charge < -0.3 is 35.6 Å². The highest BCUT2D eigenvalue weighted by atomic mass is 19.4. The van der Waals surface area contributed by atoms with E-state index >= 15 is 0 Å². The molecule has 1 aliphatic rings. The molecular weight excluding hydrogens is 444 g/mol. The van der Waals surface area contributed by atoms with Crippen LogP contribution in [0.4, 0.5) is 19.2 Å². The molecule has 1 unspecified atom stereocenters. The second-order valence-corrected chi connectivity index (χ2v) is 7.65. The third-order valence-corrected chi connectivity index (χ3v) is 4.80. The van der Waals surface area contributed by atoms with Crippen LogP contribution in [0.25, 0.3) is 0 Å². The van der Waals surface area contributed by atoms with Crippen molar-refractivity contribution in [2.75, 3.05) is 31.6 Å². The molecule has 178 valence electrons. The van der Waals surface area contributed by atoms with E-state index in [-0.39, 0.29) is 30.6 Å². The van der Waals surface area contributed by atoms with Gasteiger partial charge in [0.25, 0.3) is 5.91 Å². The van der Waals surface area contributed by atoms with E-state index in [1.165, 1.54) is 0 Å². The number of nitrogens with one attached hydrogen (secondary N) is 3. The van der Waals surface area contributed by atoms with Crippen molar-refractivity contribution >= 4 is 25.2 Å². The van der Waals surface area contributed by atoms with E-state index in [0.717, 1.165) is 0 Å². The Morgan fingerprint density at radius 1 is 1.30 bits per heavy atom. The first kappa shape index (κ1) is 24.6. The minimum absolute atomic E-state index is 0.00824.